The average Bonchev–Trinajstić information content (AvgIpc) is 3.20. The molecular formula is C19H16N4O3. The van der Waals surface area contributed by atoms with Crippen molar-refractivity contribution in [3.63, 3.8) is 0 Å². The summed E-state index contributed by atoms with van der Waals surface area (Å²) in [6, 6.07) is 14.2. The Morgan fingerprint density at radius 3 is 2.69 bits per heavy atom. The molecule has 2 aromatic carbocycles. The summed E-state index contributed by atoms with van der Waals surface area (Å²) < 4.78 is 8.41. The molecule has 0 radical (unpaired) electrons. The van der Waals surface area contributed by atoms with E-state index in [0.717, 1.165) is 5.69 Å². The number of fused-ring (bicyclic) bond motifs is 1. The molecule has 0 aliphatic heterocycles. The number of benzene rings is 2. The van der Waals surface area contributed by atoms with Gasteiger partial charge in [-0.25, -0.2) is 9.67 Å². The summed E-state index contributed by atoms with van der Waals surface area (Å²) in [5.41, 5.74) is 2.95. The van der Waals surface area contributed by atoms with Gasteiger partial charge in [0.05, 0.1) is 11.4 Å². The van der Waals surface area contributed by atoms with Crippen molar-refractivity contribution in [2.45, 2.75) is 6.92 Å². The fourth-order valence-corrected chi connectivity index (χ4v) is 2.90. The van der Waals surface area contributed by atoms with Crippen molar-refractivity contribution in [1.82, 2.24) is 14.3 Å². The fourth-order valence-electron chi connectivity index (χ4n) is 2.90. The van der Waals surface area contributed by atoms with E-state index < -0.39 is 0 Å². The van der Waals surface area contributed by atoms with Gasteiger partial charge in [0, 0.05) is 12.6 Å². The first-order valence-corrected chi connectivity index (χ1v) is 8.05. The van der Waals surface area contributed by atoms with Crippen LogP contribution in [0.4, 0.5) is 5.69 Å². The predicted molar refractivity (Wildman–Crippen MR) is 97.7 cm³/mol. The van der Waals surface area contributed by atoms with E-state index in [2.05, 4.69) is 10.3 Å². The summed E-state index contributed by atoms with van der Waals surface area (Å²) >= 11 is 0. The van der Waals surface area contributed by atoms with Crippen molar-refractivity contribution in [1.29, 1.82) is 0 Å². The molecule has 4 aromatic rings. The molecule has 0 fully saturated rings. The van der Waals surface area contributed by atoms with Crippen LogP contribution in [0.1, 0.15) is 16.1 Å². The number of oxazole rings is 1. The van der Waals surface area contributed by atoms with Crippen LogP contribution in [0.25, 0.3) is 16.8 Å². The summed E-state index contributed by atoms with van der Waals surface area (Å²) in [5.74, 6) is -0.374. The molecule has 0 aliphatic rings. The summed E-state index contributed by atoms with van der Waals surface area (Å²) in [7, 11) is 1.78. The summed E-state index contributed by atoms with van der Waals surface area (Å²) in [6.45, 7) is 1.79. The molecule has 2 aromatic heterocycles. The third kappa shape index (κ3) is 2.50. The van der Waals surface area contributed by atoms with Gasteiger partial charge < -0.3 is 9.73 Å². The molecule has 0 bridgehead atoms. The standard InChI is InChI=1S/C19H16N4O3/c1-12-17(19(25)23(22(12)2)14-6-4-3-5-7-14)21-18(24)13-8-9-16-15(10-13)20-11-26-16/h3-11H,1-2H3,(H,21,24). The van der Waals surface area contributed by atoms with Crippen LogP contribution in [-0.4, -0.2) is 20.3 Å². The van der Waals surface area contributed by atoms with Gasteiger partial charge in [-0.1, -0.05) is 18.2 Å². The van der Waals surface area contributed by atoms with Crippen molar-refractivity contribution in [2.24, 2.45) is 7.05 Å². The highest BCUT2D eigenvalue weighted by Gasteiger charge is 2.19. The first-order valence-electron chi connectivity index (χ1n) is 8.05. The van der Waals surface area contributed by atoms with E-state index >= 15 is 0 Å². The monoisotopic (exact) mass is 348 g/mol. The molecule has 1 amide bonds. The van der Waals surface area contributed by atoms with Crippen molar-refractivity contribution in [3.05, 3.63) is 76.5 Å². The maximum atomic E-state index is 12.8. The minimum absolute atomic E-state index is 0.251. The minimum atomic E-state index is -0.374. The lowest BCUT2D eigenvalue weighted by atomic mass is 10.2. The Balaban J connectivity index is 1.72. The van der Waals surface area contributed by atoms with Crippen LogP contribution in [0.3, 0.4) is 0 Å². The van der Waals surface area contributed by atoms with Gasteiger partial charge >= 0.3 is 0 Å². The zero-order valence-corrected chi connectivity index (χ0v) is 14.3. The van der Waals surface area contributed by atoms with Gasteiger partial charge in [0.15, 0.2) is 12.0 Å². The molecule has 130 valence electrons. The lowest BCUT2D eigenvalue weighted by molar-refractivity contribution is 0.102. The number of nitrogens with zero attached hydrogens (tertiary/aromatic N) is 3. The summed E-state index contributed by atoms with van der Waals surface area (Å²) in [4.78, 5) is 29.5. The zero-order valence-electron chi connectivity index (χ0n) is 14.3. The van der Waals surface area contributed by atoms with Gasteiger partial charge in [-0.05, 0) is 37.3 Å². The molecule has 0 saturated carbocycles. The molecule has 2 heterocycles. The SMILES string of the molecule is Cc1c(NC(=O)c2ccc3ocnc3c2)c(=O)n(-c2ccccc2)n1C. The van der Waals surface area contributed by atoms with Crippen molar-refractivity contribution < 1.29 is 9.21 Å². The second kappa shape index (κ2) is 6.03. The van der Waals surface area contributed by atoms with Crippen molar-refractivity contribution >= 4 is 22.7 Å². The number of carbonyl (C=O) groups is 1. The number of aromatic nitrogens is 3. The summed E-state index contributed by atoms with van der Waals surface area (Å²) in [5, 5.41) is 2.73. The molecule has 0 aliphatic carbocycles. The second-order valence-corrected chi connectivity index (χ2v) is 5.93. The quantitative estimate of drug-likeness (QED) is 0.617. The van der Waals surface area contributed by atoms with E-state index in [1.807, 2.05) is 30.3 Å². The number of nitrogens with one attached hydrogen (secondary N) is 1. The highest BCUT2D eigenvalue weighted by molar-refractivity contribution is 6.06. The van der Waals surface area contributed by atoms with Crippen LogP contribution in [0.15, 0.2) is 64.1 Å². The smallest absolute Gasteiger partial charge is 0.295 e. The van der Waals surface area contributed by atoms with E-state index in [0.29, 0.717) is 22.4 Å². The van der Waals surface area contributed by atoms with Gasteiger partial charge in [0.1, 0.15) is 11.2 Å². The van der Waals surface area contributed by atoms with E-state index in [9.17, 15) is 9.59 Å². The first-order chi connectivity index (χ1) is 12.6. The highest BCUT2D eigenvalue weighted by Crippen LogP contribution is 2.17. The zero-order chi connectivity index (χ0) is 18.3. The fraction of sp³-hybridized carbons (Fsp3) is 0.105. The first kappa shape index (κ1) is 15.9. The molecule has 0 atom stereocenters. The molecule has 0 spiro atoms. The van der Waals surface area contributed by atoms with E-state index in [1.54, 1.807) is 36.9 Å². The maximum Gasteiger partial charge on any atom is 0.295 e. The third-order valence-corrected chi connectivity index (χ3v) is 4.39. The predicted octanol–water partition coefficient (Wildman–Crippen LogP) is 2.88. The van der Waals surface area contributed by atoms with Crippen molar-refractivity contribution in [3.8, 4) is 5.69 Å². The Labute approximate surface area is 148 Å². The van der Waals surface area contributed by atoms with Crippen LogP contribution in [0, 0.1) is 6.92 Å². The number of hydrogen-bond donors (Lipinski definition) is 1. The Morgan fingerprint density at radius 1 is 1.15 bits per heavy atom. The Hall–Kier alpha value is -3.61. The number of hydrogen-bond acceptors (Lipinski definition) is 4. The molecule has 7 nitrogen and oxygen atoms in total. The van der Waals surface area contributed by atoms with Crippen LogP contribution in [-0.2, 0) is 7.05 Å². The molecule has 1 N–H and O–H groups in total. The summed E-state index contributed by atoms with van der Waals surface area (Å²) in [6.07, 6.45) is 1.33. The van der Waals surface area contributed by atoms with E-state index in [-0.39, 0.29) is 17.2 Å². The number of rotatable bonds is 3. The van der Waals surface area contributed by atoms with Crippen LogP contribution in [0.2, 0.25) is 0 Å². The molecule has 0 saturated heterocycles. The second-order valence-electron chi connectivity index (χ2n) is 5.93. The normalized spacial score (nSPS) is 11.0. The molecule has 0 unspecified atom stereocenters. The van der Waals surface area contributed by atoms with Crippen LogP contribution < -0.4 is 10.9 Å². The Bertz CT molecular complexity index is 1170. The van der Waals surface area contributed by atoms with Gasteiger partial charge in [0.2, 0.25) is 0 Å². The molecule has 7 heteroatoms. The van der Waals surface area contributed by atoms with Gasteiger partial charge in [-0.3, -0.25) is 14.3 Å². The molecular weight excluding hydrogens is 332 g/mol. The highest BCUT2D eigenvalue weighted by atomic mass is 16.3. The minimum Gasteiger partial charge on any atom is -0.443 e. The average molecular weight is 348 g/mol. The Morgan fingerprint density at radius 2 is 1.92 bits per heavy atom. The number of carbonyl (C=O) groups excluding carboxylic acids is 1. The topological polar surface area (TPSA) is 82.1 Å². The van der Waals surface area contributed by atoms with Gasteiger partial charge in [-0.15, -0.1) is 0 Å². The number of para-hydroxylation sites is 1. The lowest BCUT2D eigenvalue weighted by Gasteiger charge is -2.07. The molecule has 4 rings (SSSR count). The van der Waals surface area contributed by atoms with E-state index in [4.69, 9.17) is 4.42 Å². The maximum absolute atomic E-state index is 12.8. The number of amides is 1. The van der Waals surface area contributed by atoms with Crippen molar-refractivity contribution in [2.75, 3.05) is 5.32 Å². The van der Waals surface area contributed by atoms with E-state index in [1.165, 1.54) is 11.1 Å². The van der Waals surface area contributed by atoms with Gasteiger partial charge in [0.25, 0.3) is 11.5 Å². The van der Waals surface area contributed by atoms with Crippen LogP contribution >= 0.6 is 0 Å². The Kier molecular flexibility index (Phi) is 3.69. The molecule has 26 heavy (non-hydrogen) atoms. The third-order valence-electron chi connectivity index (χ3n) is 4.39. The largest absolute Gasteiger partial charge is 0.443 e. The lowest BCUT2D eigenvalue weighted by Crippen LogP contribution is -2.22. The van der Waals surface area contributed by atoms with Crippen LogP contribution in [0.5, 0.6) is 0 Å². The number of anilines is 1. The van der Waals surface area contributed by atoms with Gasteiger partial charge in [-0.2, -0.15) is 0 Å².